The van der Waals surface area contributed by atoms with Gasteiger partial charge >= 0.3 is 0 Å². The number of benzene rings is 1. The zero-order chi connectivity index (χ0) is 13.1. The van der Waals surface area contributed by atoms with Gasteiger partial charge in [0.2, 0.25) is 0 Å². The van der Waals surface area contributed by atoms with Gasteiger partial charge in [-0.05, 0) is 43.4 Å². The predicted octanol–water partition coefficient (Wildman–Crippen LogP) is 5.15. The lowest BCUT2D eigenvalue weighted by Crippen LogP contribution is -1.87. The van der Waals surface area contributed by atoms with Crippen molar-refractivity contribution in [1.82, 2.24) is 0 Å². The SMILES string of the molecule is C=CCCCCCCCCc1ccc(OC)cc1. The standard InChI is InChI=1S/C17H26O/c1-3-4-5-6-7-8-9-10-11-16-12-14-17(18-2)15-13-16/h3,12-15H,1,4-11H2,2H3. The maximum Gasteiger partial charge on any atom is 0.118 e. The van der Waals surface area contributed by atoms with Crippen LogP contribution in [-0.2, 0) is 6.42 Å². The van der Waals surface area contributed by atoms with E-state index in [9.17, 15) is 0 Å². The number of allylic oxidation sites excluding steroid dienone is 1. The molecule has 0 saturated carbocycles. The van der Waals surface area contributed by atoms with Crippen molar-refractivity contribution in [3.8, 4) is 5.75 Å². The largest absolute Gasteiger partial charge is 0.497 e. The van der Waals surface area contributed by atoms with Crippen molar-refractivity contribution in [3.05, 3.63) is 42.5 Å². The first-order valence-electron chi connectivity index (χ1n) is 7.10. The highest BCUT2D eigenvalue weighted by atomic mass is 16.5. The first-order chi connectivity index (χ1) is 8.86. The van der Waals surface area contributed by atoms with Crippen LogP contribution in [0, 0.1) is 0 Å². The first-order valence-corrected chi connectivity index (χ1v) is 7.10. The smallest absolute Gasteiger partial charge is 0.118 e. The molecule has 0 N–H and O–H groups in total. The number of aryl methyl sites for hydroxylation is 1. The van der Waals surface area contributed by atoms with Crippen LogP contribution < -0.4 is 4.74 Å². The molecule has 1 aromatic rings. The number of ether oxygens (including phenoxy) is 1. The van der Waals surface area contributed by atoms with E-state index in [0.29, 0.717) is 0 Å². The van der Waals surface area contributed by atoms with Crippen LogP contribution in [0.4, 0.5) is 0 Å². The molecule has 0 fully saturated rings. The minimum Gasteiger partial charge on any atom is -0.497 e. The van der Waals surface area contributed by atoms with E-state index >= 15 is 0 Å². The normalized spacial score (nSPS) is 10.3. The second-order valence-electron chi connectivity index (χ2n) is 4.80. The van der Waals surface area contributed by atoms with Gasteiger partial charge in [-0.15, -0.1) is 6.58 Å². The lowest BCUT2D eigenvalue weighted by molar-refractivity contribution is 0.414. The average molecular weight is 246 g/mol. The summed E-state index contributed by atoms with van der Waals surface area (Å²) in [4.78, 5) is 0. The number of methoxy groups -OCH3 is 1. The van der Waals surface area contributed by atoms with Crippen LogP contribution in [0.2, 0.25) is 0 Å². The highest BCUT2D eigenvalue weighted by Gasteiger charge is 1.95. The second-order valence-corrected chi connectivity index (χ2v) is 4.80. The number of unbranched alkanes of at least 4 members (excludes halogenated alkanes) is 6. The van der Waals surface area contributed by atoms with Crippen molar-refractivity contribution in [2.24, 2.45) is 0 Å². The Morgan fingerprint density at radius 2 is 1.56 bits per heavy atom. The molecule has 0 spiro atoms. The third-order valence-corrected chi connectivity index (χ3v) is 3.28. The van der Waals surface area contributed by atoms with Crippen LogP contribution >= 0.6 is 0 Å². The van der Waals surface area contributed by atoms with Gasteiger partial charge in [0.15, 0.2) is 0 Å². The molecule has 1 nitrogen and oxygen atoms in total. The summed E-state index contributed by atoms with van der Waals surface area (Å²) in [6.45, 7) is 3.74. The minimum atomic E-state index is 0.945. The fourth-order valence-electron chi connectivity index (χ4n) is 2.12. The molecular formula is C17H26O. The van der Waals surface area contributed by atoms with E-state index in [1.54, 1.807) is 7.11 Å². The van der Waals surface area contributed by atoms with Gasteiger partial charge in [0.25, 0.3) is 0 Å². The van der Waals surface area contributed by atoms with Gasteiger partial charge in [-0.3, -0.25) is 0 Å². The Balaban J connectivity index is 2.01. The monoisotopic (exact) mass is 246 g/mol. The fraction of sp³-hybridized carbons (Fsp3) is 0.529. The minimum absolute atomic E-state index is 0.945. The van der Waals surface area contributed by atoms with Crippen molar-refractivity contribution in [1.29, 1.82) is 0 Å². The summed E-state index contributed by atoms with van der Waals surface area (Å²) in [7, 11) is 1.71. The zero-order valence-corrected chi connectivity index (χ0v) is 11.7. The zero-order valence-electron chi connectivity index (χ0n) is 11.7. The van der Waals surface area contributed by atoms with Crippen molar-refractivity contribution < 1.29 is 4.74 Å². The Morgan fingerprint density at radius 1 is 0.944 bits per heavy atom. The number of hydrogen-bond acceptors (Lipinski definition) is 1. The molecule has 0 saturated heterocycles. The summed E-state index contributed by atoms with van der Waals surface area (Å²) in [5.74, 6) is 0.945. The topological polar surface area (TPSA) is 9.23 Å². The van der Waals surface area contributed by atoms with Gasteiger partial charge in [-0.1, -0.05) is 43.9 Å². The van der Waals surface area contributed by atoms with Crippen molar-refractivity contribution in [2.45, 2.75) is 51.4 Å². The average Bonchev–Trinajstić information content (AvgIpc) is 2.42. The maximum absolute atomic E-state index is 5.15. The number of hydrogen-bond donors (Lipinski definition) is 0. The van der Waals surface area contributed by atoms with E-state index in [-0.39, 0.29) is 0 Å². The molecular weight excluding hydrogens is 220 g/mol. The fourth-order valence-corrected chi connectivity index (χ4v) is 2.12. The number of rotatable bonds is 10. The van der Waals surface area contributed by atoms with Gasteiger partial charge in [0.1, 0.15) is 5.75 Å². The van der Waals surface area contributed by atoms with E-state index in [2.05, 4.69) is 18.7 Å². The lowest BCUT2D eigenvalue weighted by atomic mass is 10.0. The molecule has 1 heteroatoms. The van der Waals surface area contributed by atoms with Crippen molar-refractivity contribution in [2.75, 3.05) is 7.11 Å². The molecule has 0 atom stereocenters. The molecule has 0 unspecified atom stereocenters. The molecule has 0 aliphatic carbocycles. The summed E-state index contributed by atoms with van der Waals surface area (Å²) >= 11 is 0. The van der Waals surface area contributed by atoms with Gasteiger partial charge in [-0.2, -0.15) is 0 Å². The Labute approximate surface area is 112 Å². The van der Waals surface area contributed by atoms with Gasteiger partial charge in [0.05, 0.1) is 7.11 Å². The third kappa shape index (κ3) is 6.48. The highest BCUT2D eigenvalue weighted by Crippen LogP contribution is 2.14. The molecule has 0 radical (unpaired) electrons. The summed E-state index contributed by atoms with van der Waals surface area (Å²) in [6, 6.07) is 8.43. The van der Waals surface area contributed by atoms with Gasteiger partial charge < -0.3 is 4.74 Å². The van der Waals surface area contributed by atoms with Crippen LogP contribution in [0.5, 0.6) is 5.75 Å². The van der Waals surface area contributed by atoms with Crippen LogP contribution in [0.3, 0.4) is 0 Å². The van der Waals surface area contributed by atoms with E-state index in [1.165, 1.54) is 56.9 Å². The Hall–Kier alpha value is -1.24. The molecule has 0 bridgehead atoms. The molecule has 100 valence electrons. The van der Waals surface area contributed by atoms with Crippen molar-refractivity contribution in [3.63, 3.8) is 0 Å². The molecule has 0 aromatic heterocycles. The quantitative estimate of drug-likeness (QED) is 0.409. The highest BCUT2D eigenvalue weighted by molar-refractivity contribution is 5.27. The Morgan fingerprint density at radius 3 is 2.17 bits per heavy atom. The van der Waals surface area contributed by atoms with Gasteiger partial charge in [-0.25, -0.2) is 0 Å². The van der Waals surface area contributed by atoms with Crippen LogP contribution in [-0.4, -0.2) is 7.11 Å². The Kier molecular flexibility index (Phi) is 8.03. The van der Waals surface area contributed by atoms with Crippen LogP contribution in [0.15, 0.2) is 36.9 Å². The molecule has 1 rings (SSSR count). The summed E-state index contributed by atoms with van der Waals surface area (Å²) in [6.07, 6.45) is 12.4. The molecule has 0 amide bonds. The molecule has 0 aliphatic rings. The van der Waals surface area contributed by atoms with E-state index in [0.717, 1.165) is 5.75 Å². The molecule has 18 heavy (non-hydrogen) atoms. The molecule has 1 aromatic carbocycles. The van der Waals surface area contributed by atoms with Crippen LogP contribution in [0.25, 0.3) is 0 Å². The summed E-state index contributed by atoms with van der Waals surface area (Å²) in [5, 5.41) is 0. The summed E-state index contributed by atoms with van der Waals surface area (Å²) < 4.78 is 5.15. The van der Waals surface area contributed by atoms with Crippen molar-refractivity contribution >= 4 is 0 Å². The lowest BCUT2D eigenvalue weighted by Gasteiger charge is -2.04. The predicted molar refractivity (Wildman–Crippen MR) is 79.2 cm³/mol. The summed E-state index contributed by atoms with van der Waals surface area (Å²) in [5.41, 5.74) is 1.42. The molecule has 0 aliphatic heterocycles. The first kappa shape index (κ1) is 14.8. The second kappa shape index (κ2) is 9.76. The van der Waals surface area contributed by atoms with E-state index < -0.39 is 0 Å². The van der Waals surface area contributed by atoms with E-state index in [4.69, 9.17) is 4.74 Å². The maximum atomic E-state index is 5.15. The molecule has 0 heterocycles. The van der Waals surface area contributed by atoms with E-state index in [1.807, 2.05) is 18.2 Å². The Bertz CT molecular complexity index is 313. The third-order valence-electron chi connectivity index (χ3n) is 3.28. The van der Waals surface area contributed by atoms with Gasteiger partial charge in [0, 0.05) is 0 Å². The van der Waals surface area contributed by atoms with Crippen LogP contribution in [0.1, 0.15) is 50.5 Å².